The normalized spacial score (nSPS) is 16.0. The Bertz CT molecular complexity index is 757. The molecule has 1 aliphatic heterocycles. The van der Waals surface area contributed by atoms with Crippen LogP contribution in [-0.4, -0.2) is 43.1 Å². The van der Waals surface area contributed by atoms with Gasteiger partial charge >= 0.3 is 0 Å². The number of benzene rings is 2. The van der Waals surface area contributed by atoms with E-state index in [1.807, 2.05) is 30.0 Å². The van der Waals surface area contributed by atoms with Gasteiger partial charge in [0.25, 0.3) is 5.91 Å². The molecule has 2 aromatic carbocycles. The van der Waals surface area contributed by atoms with Crippen LogP contribution in [0, 0.1) is 0 Å². The van der Waals surface area contributed by atoms with Gasteiger partial charge in [0.2, 0.25) is 0 Å². The number of carbonyl (C=O) groups excluding carboxylic acids is 1. The molecular weight excluding hydrogens is 348 g/mol. The average Bonchev–Trinajstić information content (AvgIpc) is 2.72. The van der Waals surface area contributed by atoms with Crippen molar-refractivity contribution in [3.63, 3.8) is 0 Å². The maximum Gasteiger partial charge on any atom is 0.263 e. The van der Waals surface area contributed by atoms with Gasteiger partial charge in [-0.15, -0.1) is 0 Å². The van der Waals surface area contributed by atoms with Gasteiger partial charge in [-0.05, 0) is 41.7 Å². The summed E-state index contributed by atoms with van der Waals surface area (Å²) < 4.78 is 6.05. The lowest BCUT2D eigenvalue weighted by Crippen LogP contribution is -2.52. The number of anilines is 1. The molecule has 0 saturated carbocycles. The Balaban J connectivity index is 1.58. The van der Waals surface area contributed by atoms with Crippen molar-refractivity contribution in [2.75, 3.05) is 31.1 Å². The van der Waals surface area contributed by atoms with E-state index in [1.54, 1.807) is 0 Å². The summed E-state index contributed by atoms with van der Waals surface area (Å²) in [5.74, 6) is 0.853. The molecule has 4 heteroatoms. The molecule has 0 aliphatic carbocycles. The Kier molecular flexibility index (Phi) is 6.28. The van der Waals surface area contributed by atoms with Crippen molar-refractivity contribution in [1.82, 2.24) is 4.90 Å². The van der Waals surface area contributed by atoms with Crippen LogP contribution in [0.15, 0.2) is 54.6 Å². The van der Waals surface area contributed by atoms with Crippen molar-refractivity contribution in [3.05, 3.63) is 60.2 Å². The monoisotopic (exact) mass is 380 g/mol. The molecule has 1 amide bonds. The number of para-hydroxylation sites is 1. The summed E-state index contributed by atoms with van der Waals surface area (Å²) in [4.78, 5) is 17.3. The van der Waals surface area contributed by atoms with Crippen LogP contribution in [-0.2, 0) is 10.2 Å². The van der Waals surface area contributed by atoms with Crippen LogP contribution in [0.25, 0.3) is 0 Å². The summed E-state index contributed by atoms with van der Waals surface area (Å²) in [6, 6.07) is 18.5. The highest BCUT2D eigenvalue weighted by atomic mass is 16.5. The minimum absolute atomic E-state index is 0.0927. The van der Waals surface area contributed by atoms with Gasteiger partial charge in [0.15, 0.2) is 6.10 Å². The zero-order valence-corrected chi connectivity index (χ0v) is 17.5. The molecule has 0 N–H and O–H groups in total. The van der Waals surface area contributed by atoms with E-state index in [4.69, 9.17) is 4.74 Å². The minimum atomic E-state index is -0.427. The number of nitrogens with zero attached hydrogens (tertiary/aromatic N) is 2. The van der Waals surface area contributed by atoms with Crippen molar-refractivity contribution in [1.29, 1.82) is 0 Å². The third kappa shape index (κ3) is 4.86. The average molecular weight is 381 g/mol. The molecule has 0 radical (unpaired) electrons. The number of piperazine rings is 1. The van der Waals surface area contributed by atoms with Crippen molar-refractivity contribution in [2.24, 2.45) is 0 Å². The molecule has 1 aliphatic rings. The van der Waals surface area contributed by atoms with Crippen molar-refractivity contribution >= 4 is 11.6 Å². The maximum absolute atomic E-state index is 13.0. The van der Waals surface area contributed by atoms with Crippen molar-refractivity contribution < 1.29 is 9.53 Å². The molecule has 1 saturated heterocycles. The van der Waals surface area contributed by atoms with Crippen LogP contribution in [0.3, 0.4) is 0 Å². The molecule has 28 heavy (non-hydrogen) atoms. The van der Waals surface area contributed by atoms with Gasteiger partial charge in [-0.2, -0.15) is 0 Å². The second kappa shape index (κ2) is 8.68. The van der Waals surface area contributed by atoms with Crippen LogP contribution in [0.1, 0.15) is 39.7 Å². The van der Waals surface area contributed by atoms with E-state index in [9.17, 15) is 4.79 Å². The van der Waals surface area contributed by atoms with Crippen LogP contribution >= 0.6 is 0 Å². The molecule has 0 unspecified atom stereocenters. The highest BCUT2D eigenvalue weighted by molar-refractivity contribution is 5.81. The molecular formula is C24H32N2O2. The van der Waals surface area contributed by atoms with Gasteiger partial charge in [0.05, 0.1) is 0 Å². The first kappa shape index (κ1) is 20.2. The molecule has 1 fully saturated rings. The zero-order chi connectivity index (χ0) is 20.1. The number of hydrogen-bond acceptors (Lipinski definition) is 3. The number of rotatable bonds is 5. The molecule has 0 bridgehead atoms. The molecule has 2 aromatic rings. The highest BCUT2D eigenvalue weighted by Crippen LogP contribution is 2.25. The summed E-state index contributed by atoms with van der Waals surface area (Å²) in [7, 11) is 0. The van der Waals surface area contributed by atoms with Gasteiger partial charge in [-0.25, -0.2) is 0 Å². The zero-order valence-electron chi connectivity index (χ0n) is 17.5. The van der Waals surface area contributed by atoms with Crippen molar-refractivity contribution in [2.45, 2.75) is 45.6 Å². The van der Waals surface area contributed by atoms with Crippen LogP contribution in [0.5, 0.6) is 5.75 Å². The van der Waals surface area contributed by atoms with Crippen LogP contribution in [0.4, 0.5) is 5.69 Å². The Morgan fingerprint density at radius 2 is 1.57 bits per heavy atom. The minimum Gasteiger partial charge on any atom is -0.481 e. The molecule has 0 aromatic heterocycles. The highest BCUT2D eigenvalue weighted by Gasteiger charge is 2.28. The SMILES string of the molecule is CC[C@@H](Oc1ccc(C(C)(C)C)cc1)C(=O)N1CCN(c2ccccc2)CC1. The van der Waals surface area contributed by atoms with Gasteiger partial charge < -0.3 is 14.5 Å². The predicted octanol–water partition coefficient (Wildman–Crippen LogP) is 4.49. The number of amides is 1. The van der Waals surface area contributed by atoms with E-state index in [0.29, 0.717) is 6.42 Å². The number of carbonyl (C=O) groups is 1. The Morgan fingerprint density at radius 1 is 0.964 bits per heavy atom. The molecule has 150 valence electrons. The lowest BCUT2D eigenvalue weighted by molar-refractivity contribution is -0.139. The molecule has 3 rings (SSSR count). The Hall–Kier alpha value is -2.49. The van der Waals surface area contributed by atoms with Gasteiger partial charge in [0, 0.05) is 31.9 Å². The van der Waals surface area contributed by atoms with Crippen LogP contribution in [0.2, 0.25) is 0 Å². The molecule has 1 atom stereocenters. The van der Waals surface area contributed by atoms with Gasteiger partial charge in [-0.1, -0.05) is 58.0 Å². The fourth-order valence-corrected chi connectivity index (χ4v) is 3.53. The lowest BCUT2D eigenvalue weighted by Gasteiger charge is -2.37. The van der Waals surface area contributed by atoms with Gasteiger partial charge in [0.1, 0.15) is 5.75 Å². The van der Waals surface area contributed by atoms with E-state index < -0.39 is 6.10 Å². The summed E-state index contributed by atoms with van der Waals surface area (Å²) in [5.41, 5.74) is 2.59. The number of hydrogen-bond donors (Lipinski definition) is 0. The lowest BCUT2D eigenvalue weighted by atomic mass is 9.87. The first-order valence-corrected chi connectivity index (χ1v) is 10.2. The summed E-state index contributed by atoms with van der Waals surface area (Å²) in [5, 5.41) is 0. The van der Waals surface area contributed by atoms with E-state index >= 15 is 0 Å². The van der Waals surface area contributed by atoms with E-state index in [-0.39, 0.29) is 11.3 Å². The molecule has 4 nitrogen and oxygen atoms in total. The smallest absolute Gasteiger partial charge is 0.263 e. The Morgan fingerprint density at radius 3 is 2.11 bits per heavy atom. The third-order valence-corrected chi connectivity index (χ3v) is 5.36. The fraction of sp³-hybridized carbons (Fsp3) is 0.458. The van der Waals surface area contributed by atoms with E-state index in [2.05, 4.69) is 62.1 Å². The Labute approximate surface area is 169 Å². The summed E-state index contributed by atoms with van der Waals surface area (Å²) in [6.45, 7) is 11.8. The second-order valence-electron chi connectivity index (χ2n) is 8.44. The quantitative estimate of drug-likeness (QED) is 0.766. The van der Waals surface area contributed by atoms with E-state index in [1.165, 1.54) is 11.3 Å². The first-order valence-electron chi connectivity index (χ1n) is 10.2. The largest absolute Gasteiger partial charge is 0.481 e. The topological polar surface area (TPSA) is 32.8 Å². The number of ether oxygens (including phenoxy) is 1. The molecule has 0 spiro atoms. The van der Waals surface area contributed by atoms with Crippen molar-refractivity contribution in [3.8, 4) is 5.75 Å². The fourth-order valence-electron chi connectivity index (χ4n) is 3.53. The van der Waals surface area contributed by atoms with E-state index in [0.717, 1.165) is 31.9 Å². The maximum atomic E-state index is 13.0. The summed E-state index contributed by atoms with van der Waals surface area (Å²) in [6.07, 6.45) is 0.238. The first-order chi connectivity index (χ1) is 13.4. The second-order valence-corrected chi connectivity index (χ2v) is 8.44. The third-order valence-electron chi connectivity index (χ3n) is 5.36. The van der Waals surface area contributed by atoms with Gasteiger partial charge in [-0.3, -0.25) is 4.79 Å². The van der Waals surface area contributed by atoms with Crippen LogP contribution < -0.4 is 9.64 Å². The standard InChI is InChI=1S/C24H32N2O2/c1-5-22(28-21-13-11-19(12-14-21)24(2,3)4)23(27)26-17-15-25(16-18-26)20-9-7-6-8-10-20/h6-14,22H,5,15-18H2,1-4H3/t22-/m1/s1. The molecule has 1 heterocycles. The predicted molar refractivity (Wildman–Crippen MR) is 115 cm³/mol. The summed E-state index contributed by atoms with van der Waals surface area (Å²) >= 11 is 0.